The summed E-state index contributed by atoms with van der Waals surface area (Å²) in [6, 6.07) is 9.56. The average Bonchev–Trinajstić information content (AvgIpc) is 3.61. The minimum atomic E-state index is 0.0261. The van der Waals surface area contributed by atoms with Crippen LogP contribution in [-0.4, -0.2) is 42.2 Å². The quantitative estimate of drug-likeness (QED) is 0.624. The van der Waals surface area contributed by atoms with Crippen molar-refractivity contribution in [2.75, 3.05) is 30.9 Å². The number of anilines is 2. The summed E-state index contributed by atoms with van der Waals surface area (Å²) in [6.07, 6.45) is 5.49. The van der Waals surface area contributed by atoms with Crippen LogP contribution in [0.4, 0.5) is 11.6 Å². The van der Waals surface area contributed by atoms with Crippen LogP contribution in [0.15, 0.2) is 42.7 Å². The van der Waals surface area contributed by atoms with Crippen molar-refractivity contribution in [2.45, 2.75) is 18.9 Å². The van der Waals surface area contributed by atoms with Crippen LogP contribution in [0.3, 0.4) is 0 Å². The number of aromatic nitrogens is 2. The van der Waals surface area contributed by atoms with Crippen LogP contribution in [0, 0.1) is 17.8 Å². The molecule has 3 heterocycles. The molecule has 1 aliphatic heterocycles. The van der Waals surface area contributed by atoms with Gasteiger partial charge in [0.15, 0.2) is 0 Å². The van der Waals surface area contributed by atoms with Gasteiger partial charge < -0.3 is 20.1 Å². The van der Waals surface area contributed by atoms with Crippen molar-refractivity contribution in [3.05, 3.63) is 53.9 Å². The molecule has 1 amide bonds. The van der Waals surface area contributed by atoms with E-state index in [2.05, 4.69) is 32.4 Å². The smallest absolute Gasteiger partial charge is 0.228 e. The Hall–Kier alpha value is -3.63. The Morgan fingerprint density at radius 2 is 1.90 bits per heavy atom. The number of hydrogen-bond donors (Lipinski definition) is 2. The summed E-state index contributed by atoms with van der Waals surface area (Å²) >= 11 is 0. The summed E-state index contributed by atoms with van der Waals surface area (Å²) in [5.74, 6) is 8.60. The Kier molecular flexibility index (Phi) is 5.14. The van der Waals surface area contributed by atoms with Crippen LogP contribution in [-0.2, 0) is 9.53 Å². The molecule has 2 fully saturated rings. The van der Waals surface area contributed by atoms with E-state index in [1.54, 1.807) is 12.4 Å². The van der Waals surface area contributed by atoms with E-state index >= 15 is 0 Å². The maximum Gasteiger partial charge on any atom is 0.228 e. The zero-order chi connectivity index (χ0) is 21.2. The number of ether oxygens (including phenoxy) is 2. The van der Waals surface area contributed by atoms with Crippen molar-refractivity contribution in [2.24, 2.45) is 5.92 Å². The van der Waals surface area contributed by atoms with Gasteiger partial charge in [0.2, 0.25) is 5.91 Å². The minimum Gasteiger partial charge on any atom is -0.486 e. The topological polar surface area (TPSA) is 85.4 Å². The number of amides is 1. The van der Waals surface area contributed by atoms with E-state index in [-0.39, 0.29) is 17.9 Å². The van der Waals surface area contributed by atoms with Crippen molar-refractivity contribution in [1.29, 1.82) is 0 Å². The molecule has 7 heteroatoms. The zero-order valence-electron chi connectivity index (χ0n) is 17.1. The average molecular weight is 414 g/mol. The molecule has 3 aromatic rings. The van der Waals surface area contributed by atoms with Crippen molar-refractivity contribution >= 4 is 28.3 Å². The Morgan fingerprint density at radius 3 is 2.58 bits per heavy atom. The molecule has 0 unspecified atom stereocenters. The molecule has 5 rings (SSSR count). The van der Waals surface area contributed by atoms with E-state index < -0.39 is 0 Å². The van der Waals surface area contributed by atoms with Gasteiger partial charge in [-0.15, -0.1) is 0 Å². The van der Waals surface area contributed by atoms with Crippen LogP contribution in [0.25, 0.3) is 10.8 Å². The second-order valence-corrected chi connectivity index (χ2v) is 7.70. The molecule has 7 nitrogen and oxygen atoms in total. The largest absolute Gasteiger partial charge is 0.486 e. The second kappa shape index (κ2) is 8.25. The van der Waals surface area contributed by atoms with Gasteiger partial charge in [-0.25, -0.2) is 9.97 Å². The maximum absolute atomic E-state index is 12.1. The standard InChI is InChI=1S/C24H22N4O3/c1-25-23-21-12-26-22(28-24(29)16-6-7-16)10-20(21)17(11-27-23)5-2-15-3-8-18(9-4-15)31-19-13-30-14-19/h3-4,8-12,16,19H,6-7,13-14H2,1H3,(H,25,27)(H,26,28,29). The van der Waals surface area contributed by atoms with E-state index in [0.717, 1.165) is 46.3 Å². The number of fused-ring (bicyclic) bond motifs is 1. The first-order chi connectivity index (χ1) is 15.2. The Bertz CT molecular complexity index is 1190. The normalized spacial score (nSPS) is 15.5. The lowest BCUT2D eigenvalue weighted by atomic mass is 10.1. The fraction of sp³-hybridized carbons (Fsp3) is 0.292. The summed E-state index contributed by atoms with van der Waals surface area (Å²) in [7, 11) is 1.81. The molecule has 0 atom stereocenters. The summed E-state index contributed by atoms with van der Waals surface area (Å²) in [5, 5.41) is 7.72. The van der Waals surface area contributed by atoms with E-state index in [0.29, 0.717) is 19.0 Å². The Labute approximate surface area is 180 Å². The highest BCUT2D eigenvalue weighted by Crippen LogP contribution is 2.31. The van der Waals surface area contributed by atoms with Gasteiger partial charge >= 0.3 is 0 Å². The van der Waals surface area contributed by atoms with Gasteiger partial charge in [0, 0.05) is 41.7 Å². The highest BCUT2D eigenvalue weighted by atomic mass is 16.6. The highest BCUT2D eigenvalue weighted by molar-refractivity contribution is 5.99. The first-order valence-corrected chi connectivity index (χ1v) is 10.3. The molecular formula is C24H22N4O3. The van der Waals surface area contributed by atoms with Gasteiger partial charge in [-0.05, 0) is 43.2 Å². The van der Waals surface area contributed by atoms with Gasteiger partial charge in [-0.2, -0.15) is 0 Å². The number of hydrogen-bond acceptors (Lipinski definition) is 6. The summed E-state index contributed by atoms with van der Waals surface area (Å²) in [4.78, 5) is 21.0. The molecule has 31 heavy (non-hydrogen) atoms. The number of rotatable bonds is 5. The van der Waals surface area contributed by atoms with Crippen molar-refractivity contribution in [3.8, 4) is 17.6 Å². The fourth-order valence-corrected chi connectivity index (χ4v) is 3.31. The number of nitrogens with zero attached hydrogens (tertiary/aromatic N) is 2. The molecular weight excluding hydrogens is 392 g/mol. The monoisotopic (exact) mass is 414 g/mol. The molecule has 0 spiro atoms. The van der Waals surface area contributed by atoms with Crippen LogP contribution < -0.4 is 15.4 Å². The molecule has 156 valence electrons. The molecule has 1 aromatic carbocycles. The first-order valence-electron chi connectivity index (χ1n) is 10.3. The summed E-state index contributed by atoms with van der Waals surface area (Å²) in [5.41, 5.74) is 1.64. The molecule has 2 aromatic heterocycles. The van der Waals surface area contributed by atoms with E-state index in [1.807, 2.05) is 37.4 Å². The SMILES string of the molecule is CNc1ncc(C#Cc2ccc(OC3COC3)cc2)c2cc(NC(=O)C3CC3)ncc12. The van der Waals surface area contributed by atoms with Gasteiger partial charge in [0.1, 0.15) is 23.5 Å². The van der Waals surface area contributed by atoms with Crippen LogP contribution >= 0.6 is 0 Å². The lowest BCUT2D eigenvalue weighted by Crippen LogP contribution is -2.38. The van der Waals surface area contributed by atoms with E-state index in [1.165, 1.54) is 0 Å². The lowest BCUT2D eigenvalue weighted by molar-refractivity contribution is -0.117. The minimum absolute atomic E-state index is 0.0261. The molecule has 1 saturated carbocycles. The van der Waals surface area contributed by atoms with Crippen molar-refractivity contribution in [1.82, 2.24) is 9.97 Å². The first kappa shape index (κ1) is 19.3. The third-order valence-corrected chi connectivity index (χ3v) is 5.31. The van der Waals surface area contributed by atoms with Crippen molar-refractivity contribution in [3.63, 3.8) is 0 Å². The van der Waals surface area contributed by atoms with Gasteiger partial charge in [0.25, 0.3) is 0 Å². The number of carbonyl (C=O) groups is 1. The van der Waals surface area contributed by atoms with Crippen LogP contribution in [0.1, 0.15) is 24.0 Å². The molecule has 0 radical (unpaired) electrons. The van der Waals surface area contributed by atoms with Crippen LogP contribution in [0.5, 0.6) is 5.75 Å². The Morgan fingerprint density at radius 1 is 1.10 bits per heavy atom. The lowest BCUT2D eigenvalue weighted by Gasteiger charge is -2.26. The summed E-state index contributed by atoms with van der Waals surface area (Å²) in [6.45, 7) is 1.28. The number of nitrogens with one attached hydrogen (secondary N) is 2. The number of benzene rings is 1. The predicted molar refractivity (Wildman–Crippen MR) is 118 cm³/mol. The van der Waals surface area contributed by atoms with E-state index in [9.17, 15) is 4.79 Å². The molecule has 0 bridgehead atoms. The third kappa shape index (κ3) is 4.30. The van der Waals surface area contributed by atoms with Gasteiger partial charge in [0.05, 0.1) is 18.8 Å². The molecule has 2 N–H and O–H groups in total. The molecule has 1 aliphatic carbocycles. The van der Waals surface area contributed by atoms with Crippen molar-refractivity contribution < 1.29 is 14.3 Å². The number of carbonyl (C=O) groups excluding carboxylic acids is 1. The van der Waals surface area contributed by atoms with Crippen LogP contribution in [0.2, 0.25) is 0 Å². The maximum atomic E-state index is 12.1. The summed E-state index contributed by atoms with van der Waals surface area (Å²) < 4.78 is 10.9. The van der Waals surface area contributed by atoms with Gasteiger partial charge in [-0.1, -0.05) is 11.8 Å². The fourth-order valence-electron chi connectivity index (χ4n) is 3.31. The predicted octanol–water partition coefficient (Wildman–Crippen LogP) is 3.20. The zero-order valence-corrected chi connectivity index (χ0v) is 17.1. The molecule has 2 aliphatic rings. The highest BCUT2D eigenvalue weighted by Gasteiger charge is 2.29. The molecule has 1 saturated heterocycles. The van der Waals surface area contributed by atoms with Gasteiger partial charge in [-0.3, -0.25) is 4.79 Å². The van der Waals surface area contributed by atoms with E-state index in [4.69, 9.17) is 9.47 Å². The second-order valence-electron chi connectivity index (χ2n) is 7.70. The third-order valence-electron chi connectivity index (χ3n) is 5.31. The Balaban J connectivity index is 1.42. The number of pyridine rings is 2.